The van der Waals surface area contributed by atoms with Crippen LogP contribution in [0.2, 0.25) is 0 Å². The number of anilines is 2. The molecule has 4 N–H and O–H groups in total. The monoisotopic (exact) mass is 282 g/mol. The SMILES string of the molecule is Nc1nnc(C[C@@H]2CC[C@H](c3nnc(N)s3)C2)s1. The number of nitrogen functional groups attached to an aromatic ring is 2. The van der Waals surface area contributed by atoms with Crippen LogP contribution < -0.4 is 11.5 Å². The van der Waals surface area contributed by atoms with E-state index < -0.39 is 0 Å². The van der Waals surface area contributed by atoms with Gasteiger partial charge in [0.2, 0.25) is 10.3 Å². The summed E-state index contributed by atoms with van der Waals surface area (Å²) in [7, 11) is 0. The Balaban J connectivity index is 1.61. The van der Waals surface area contributed by atoms with Crippen LogP contribution in [0.1, 0.15) is 35.2 Å². The average Bonchev–Trinajstić information content (AvgIpc) is 3.01. The van der Waals surface area contributed by atoms with Crippen molar-refractivity contribution in [1.82, 2.24) is 20.4 Å². The Hall–Kier alpha value is -1.28. The van der Waals surface area contributed by atoms with Crippen molar-refractivity contribution in [3.8, 4) is 0 Å². The van der Waals surface area contributed by atoms with Gasteiger partial charge in [-0.1, -0.05) is 22.7 Å². The van der Waals surface area contributed by atoms with Crippen molar-refractivity contribution in [3.05, 3.63) is 10.0 Å². The standard InChI is InChI=1S/C10H14N6S2/c11-9-15-13-7(17-9)4-5-1-2-6(3-5)8-14-16-10(12)18-8/h5-6H,1-4H2,(H2,11,15)(H2,12,16)/t5-,6+/m1/s1. The molecule has 1 fully saturated rings. The first-order valence-electron chi connectivity index (χ1n) is 5.87. The highest BCUT2D eigenvalue weighted by Crippen LogP contribution is 2.41. The third-order valence-electron chi connectivity index (χ3n) is 3.29. The van der Waals surface area contributed by atoms with Crippen LogP contribution in [0.15, 0.2) is 0 Å². The van der Waals surface area contributed by atoms with E-state index in [1.165, 1.54) is 29.1 Å². The fraction of sp³-hybridized carbons (Fsp3) is 0.600. The van der Waals surface area contributed by atoms with Crippen molar-refractivity contribution in [1.29, 1.82) is 0 Å². The zero-order chi connectivity index (χ0) is 12.5. The summed E-state index contributed by atoms with van der Waals surface area (Å²) in [5.41, 5.74) is 11.2. The van der Waals surface area contributed by atoms with Gasteiger partial charge in [-0.3, -0.25) is 0 Å². The van der Waals surface area contributed by atoms with E-state index in [1.54, 1.807) is 0 Å². The van der Waals surface area contributed by atoms with E-state index in [-0.39, 0.29) is 0 Å². The lowest BCUT2D eigenvalue weighted by Gasteiger charge is -2.06. The second-order valence-corrected chi connectivity index (χ2v) is 6.73. The summed E-state index contributed by atoms with van der Waals surface area (Å²) >= 11 is 2.99. The molecule has 0 aliphatic heterocycles. The van der Waals surface area contributed by atoms with Crippen molar-refractivity contribution in [2.24, 2.45) is 5.92 Å². The third kappa shape index (κ3) is 2.44. The third-order valence-corrected chi connectivity index (χ3v) is 4.98. The van der Waals surface area contributed by atoms with Crippen LogP contribution in [-0.4, -0.2) is 20.4 Å². The molecule has 2 heterocycles. The molecule has 18 heavy (non-hydrogen) atoms. The second-order valence-electron chi connectivity index (χ2n) is 4.59. The molecule has 0 saturated heterocycles. The van der Waals surface area contributed by atoms with Crippen LogP contribution in [0.25, 0.3) is 0 Å². The van der Waals surface area contributed by atoms with Gasteiger partial charge in [0.1, 0.15) is 10.0 Å². The molecule has 8 heteroatoms. The number of rotatable bonds is 3. The Bertz CT molecular complexity index is 536. The zero-order valence-corrected chi connectivity index (χ0v) is 11.4. The Morgan fingerprint density at radius 3 is 2.44 bits per heavy atom. The predicted octanol–water partition coefficient (Wildman–Crippen LogP) is 1.68. The van der Waals surface area contributed by atoms with Crippen LogP contribution in [0.4, 0.5) is 10.3 Å². The summed E-state index contributed by atoms with van der Waals surface area (Å²) in [5.74, 6) is 1.16. The number of hydrogen-bond acceptors (Lipinski definition) is 8. The van der Waals surface area contributed by atoms with E-state index in [4.69, 9.17) is 11.5 Å². The quantitative estimate of drug-likeness (QED) is 0.887. The maximum Gasteiger partial charge on any atom is 0.203 e. The summed E-state index contributed by atoms with van der Waals surface area (Å²) in [6.45, 7) is 0. The molecule has 2 aromatic rings. The summed E-state index contributed by atoms with van der Waals surface area (Å²) in [4.78, 5) is 0. The van der Waals surface area contributed by atoms with Crippen molar-refractivity contribution in [2.75, 3.05) is 11.5 Å². The minimum Gasteiger partial charge on any atom is -0.374 e. The van der Waals surface area contributed by atoms with Crippen LogP contribution in [0.5, 0.6) is 0 Å². The van der Waals surface area contributed by atoms with Gasteiger partial charge in [0, 0.05) is 12.3 Å². The molecular weight excluding hydrogens is 268 g/mol. The molecule has 1 aliphatic carbocycles. The van der Waals surface area contributed by atoms with E-state index in [9.17, 15) is 0 Å². The van der Waals surface area contributed by atoms with Gasteiger partial charge in [-0.05, 0) is 25.2 Å². The highest BCUT2D eigenvalue weighted by atomic mass is 32.1. The first kappa shape index (κ1) is 11.8. The molecule has 96 valence electrons. The molecule has 0 bridgehead atoms. The van der Waals surface area contributed by atoms with Crippen LogP contribution in [0.3, 0.4) is 0 Å². The van der Waals surface area contributed by atoms with Gasteiger partial charge in [-0.2, -0.15) is 0 Å². The van der Waals surface area contributed by atoms with E-state index in [1.807, 2.05) is 0 Å². The molecule has 0 radical (unpaired) electrons. The largest absolute Gasteiger partial charge is 0.374 e. The Morgan fingerprint density at radius 1 is 1.00 bits per heavy atom. The van der Waals surface area contributed by atoms with Crippen molar-refractivity contribution < 1.29 is 0 Å². The van der Waals surface area contributed by atoms with Gasteiger partial charge < -0.3 is 11.5 Å². The molecule has 2 atom stereocenters. The van der Waals surface area contributed by atoms with Gasteiger partial charge in [0.15, 0.2) is 0 Å². The van der Waals surface area contributed by atoms with E-state index in [0.29, 0.717) is 22.1 Å². The Morgan fingerprint density at radius 2 is 1.78 bits per heavy atom. The normalized spacial score (nSPS) is 23.6. The lowest BCUT2D eigenvalue weighted by Crippen LogP contribution is -2.00. The molecule has 1 aliphatic rings. The molecule has 3 rings (SSSR count). The molecule has 6 nitrogen and oxygen atoms in total. The Kier molecular flexibility index (Phi) is 3.13. The number of aromatic nitrogens is 4. The topological polar surface area (TPSA) is 104 Å². The fourth-order valence-corrected chi connectivity index (χ4v) is 3.97. The smallest absolute Gasteiger partial charge is 0.203 e. The van der Waals surface area contributed by atoms with Gasteiger partial charge in [-0.25, -0.2) is 0 Å². The van der Waals surface area contributed by atoms with Gasteiger partial charge in [-0.15, -0.1) is 20.4 Å². The van der Waals surface area contributed by atoms with Crippen molar-refractivity contribution in [2.45, 2.75) is 31.6 Å². The molecule has 0 aromatic carbocycles. The second kappa shape index (κ2) is 4.77. The van der Waals surface area contributed by atoms with E-state index in [2.05, 4.69) is 20.4 Å². The number of nitrogens with two attached hydrogens (primary N) is 2. The predicted molar refractivity (Wildman–Crippen MR) is 72.4 cm³/mol. The minimum atomic E-state index is 0.509. The first-order chi connectivity index (χ1) is 8.70. The lowest BCUT2D eigenvalue weighted by molar-refractivity contribution is 0.531. The van der Waals surface area contributed by atoms with Crippen molar-refractivity contribution >= 4 is 32.9 Å². The maximum absolute atomic E-state index is 5.62. The summed E-state index contributed by atoms with van der Waals surface area (Å²) in [5, 5.41) is 19.2. The number of nitrogens with zero attached hydrogens (tertiary/aromatic N) is 4. The average molecular weight is 282 g/mol. The first-order valence-corrected chi connectivity index (χ1v) is 7.50. The molecule has 0 unspecified atom stereocenters. The van der Waals surface area contributed by atoms with Gasteiger partial charge in [0.05, 0.1) is 0 Å². The fourth-order valence-electron chi connectivity index (χ4n) is 2.49. The number of hydrogen-bond donors (Lipinski definition) is 2. The highest BCUT2D eigenvalue weighted by molar-refractivity contribution is 7.15. The maximum atomic E-state index is 5.62. The van der Waals surface area contributed by atoms with E-state index >= 15 is 0 Å². The molecule has 0 spiro atoms. The van der Waals surface area contributed by atoms with Gasteiger partial charge >= 0.3 is 0 Å². The zero-order valence-electron chi connectivity index (χ0n) is 9.74. The molecular formula is C10H14N6S2. The summed E-state index contributed by atoms with van der Waals surface area (Å²) < 4.78 is 0. The summed E-state index contributed by atoms with van der Waals surface area (Å²) in [6, 6.07) is 0. The molecule has 1 saturated carbocycles. The molecule has 0 amide bonds. The summed E-state index contributed by atoms with van der Waals surface area (Å²) in [6.07, 6.45) is 4.46. The Labute approximate surface area is 112 Å². The lowest BCUT2D eigenvalue weighted by atomic mass is 10.0. The van der Waals surface area contributed by atoms with Gasteiger partial charge in [0.25, 0.3) is 0 Å². The van der Waals surface area contributed by atoms with Crippen LogP contribution in [0, 0.1) is 5.92 Å². The van der Waals surface area contributed by atoms with Crippen LogP contribution >= 0.6 is 22.7 Å². The van der Waals surface area contributed by atoms with E-state index in [0.717, 1.165) is 29.3 Å². The van der Waals surface area contributed by atoms with Crippen molar-refractivity contribution in [3.63, 3.8) is 0 Å². The molecule has 2 aromatic heterocycles. The highest BCUT2D eigenvalue weighted by Gasteiger charge is 2.29. The van der Waals surface area contributed by atoms with Crippen LogP contribution in [-0.2, 0) is 6.42 Å². The minimum absolute atomic E-state index is 0.509.